The highest BCUT2D eigenvalue weighted by Gasteiger charge is 2.51. The van der Waals surface area contributed by atoms with E-state index in [0.29, 0.717) is 0 Å². The first-order valence-electron chi connectivity index (χ1n) is 22.7. The van der Waals surface area contributed by atoms with Crippen molar-refractivity contribution in [3.05, 3.63) is 276 Å². The molecular weight excluding hydrogens is 789 g/mol. The molecule has 4 nitrogen and oxygen atoms in total. The van der Waals surface area contributed by atoms with E-state index in [9.17, 15) is 0 Å². The fourth-order valence-corrected chi connectivity index (χ4v) is 10.8. The van der Waals surface area contributed by atoms with E-state index in [1.54, 1.807) is 0 Å². The zero-order chi connectivity index (χ0) is 44.1. The minimum Gasteiger partial charge on any atom is -0.347 e. The zero-order valence-electron chi connectivity index (χ0n) is 37.1. The van der Waals surface area contributed by atoms with Crippen LogP contribution in [0, 0.1) is 0 Å². The van der Waals surface area contributed by atoms with Gasteiger partial charge in [0.05, 0.1) is 22.0 Å². The second kappa shape index (κ2) is 18.2. The van der Waals surface area contributed by atoms with Crippen LogP contribution in [0.2, 0.25) is 0 Å². The van der Waals surface area contributed by atoms with Crippen molar-refractivity contribution in [3.8, 4) is 0 Å². The molecule has 0 unspecified atom stereocenters. The second-order valence-electron chi connectivity index (χ2n) is 17.4. The summed E-state index contributed by atoms with van der Waals surface area (Å²) < 4.78 is 2.40. The molecule has 0 saturated heterocycles. The quantitative estimate of drug-likeness (QED) is 0.0856. The van der Waals surface area contributed by atoms with E-state index in [0.717, 1.165) is 36.7 Å². The number of anilines is 1. The van der Waals surface area contributed by atoms with E-state index in [1.165, 1.54) is 66.9 Å². The van der Waals surface area contributed by atoms with Gasteiger partial charge in [0.25, 0.3) is 0 Å². The molecule has 2 aromatic heterocycles. The lowest BCUT2D eigenvalue weighted by Crippen LogP contribution is -2.39. The molecule has 0 bridgehead atoms. The number of hydrogen-bond donors (Lipinski definition) is 0. The van der Waals surface area contributed by atoms with Gasteiger partial charge in [-0.25, -0.2) is 0 Å². The number of hydrogen-bond acceptors (Lipinski definition) is 3. The normalized spacial score (nSPS) is 16.0. The molecule has 4 heteroatoms. The van der Waals surface area contributed by atoms with Gasteiger partial charge >= 0.3 is 0 Å². The van der Waals surface area contributed by atoms with Crippen LogP contribution in [-0.2, 0) is 36.5 Å². The number of nitrogens with zero attached hydrogens (tertiary/aromatic N) is 4. The van der Waals surface area contributed by atoms with Gasteiger partial charge in [0.15, 0.2) is 5.71 Å². The van der Waals surface area contributed by atoms with Crippen molar-refractivity contribution in [2.45, 2.75) is 36.5 Å². The molecule has 0 spiro atoms. The number of benzene rings is 6. The first-order chi connectivity index (χ1) is 32.0. The van der Waals surface area contributed by atoms with Crippen LogP contribution in [0.3, 0.4) is 0 Å². The lowest BCUT2D eigenvalue weighted by Gasteiger charge is -2.34. The number of pyridine rings is 2. The first kappa shape index (κ1) is 41.3. The number of aromatic nitrogens is 2. The van der Waals surface area contributed by atoms with Crippen LogP contribution in [0.25, 0.3) is 21.8 Å². The van der Waals surface area contributed by atoms with Gasteiger partial charge in [-0.3, -0.25) is 9.97 Å². The Morgan fingerprint density at radius 2 is 0.908 bits per heavy atom. The molecule has 6 aromatic carbocycles. The maximum absolute atomic E-state index is 4.81. The number of rotatable bonds is 13. The molecule has 0 radical (unpaired) electrons. The Morgan fingerprint density at radius 1 is 0.462 bits per heavy atom. The van der Waals surface area contributed by atoms with Gasteiger partial charge in [-0.15, -0.1) is 0 Å². The van der Waals surface area contributed by atoms with Crippen molar-refractivity contribution in [1.82, 2.24) is 9.97 Å². The monoisotopic (exact) mass is 841 g/mol. The molecule has 0 atom stereocenters. The maximum Gasteiger partial charge on any atom is 0.210 e. The van der Waals surface area contributed by atoms with E-state index >= 15 is 0 Å². The highest BCUT2D eigenvalue weighted by molar-refractivity contribution is 6.08. The first-order valence-corrected chi connectivity index (χ1v) is 22.7. The van der Waals surface area contributed by atoms with Crippen LogP contribution in [0.5, 0.6) is 0 Å². The lowest BCUT2D eigenvalue weighted by atomic mass is 9.68. The molecule has 0 fully saturated rings. The molecule has 0 amide bonds. The Balaban J connectivity index is 0.972. The second-order valence-corrected chi connectivity index (χ2v) is 17.4. The van der Waals surface area contributed by atoms with Crippen molar-refractivity contribution in [2.75, 3.05) is 19.0 Å². The SMILES string of the molecule is CN1/C(=C/C=C/C=C/C=C/C=C/C2=[N+](C)c3ccc4ncccc4c3C2(Cc2ccccc2)Cc2ccccc2)C(Cc2ccccc2)(Cc2ccccc2)c2c1ccc1ncccc21. The summed E-state index contributed by atoms with van der Waals surface area (Å²) in [4.78, 5) is 12.0. The maximum atomic E-state index is 4.81. The van der Waals surface area contributed by atoms with Gasteiger partial charge in [-0.05, 0) is 89.9 Å². The van der Waals surface area contributed by atoms with Crippen molar-refractivity contribution in [3.63, 3.8) is 0 Å². The van der Waals surface area contributed by atoms with Gasteiger partial charge in [0.1, 0.15) is 7.05 Å². The van der Waals surface area contributed by atoms with Crippen LogP contribution in [0.4, 0.5) is 11.4 Å². The Morgan fingerprint density at radius 3 is 1.43 bits per heavy atom. The molecule has 65 heavy (non-hydrogen) atoms. The van der Waals surface area contributed by atoms with Crippen molar-refractivity contribution >= 4 is 38.9 Å². The van der Waals surface area contributed by atoms with E-state index in [2.05, 4.69) is 248 Å². The summed E-state index contributed by atoms with van der Waals surface area (Å²) in [6, 6.07) is 61.2. The predicted molar refractivity (Wildman–Crippen MR) is 271 cm³/mol. The Kier molecular flexibility index (Phi) is 11.6. The third-order valence-corrected chi connectivity index (χ3v) is 13.5. The van der Waals surface area contributed by atoms with Crippen LogP contribution in [0.15, 0.2) is 243 Å². The van der Waals surface area contributed by atoms with Crippen molar-refractivity contribution in [1.29, 1.82) is 0 Å². The van der Waals surface area contributed by atoms with Crippen molar-refractivity contribution < 1.29 is 4.58 Å². The van der Waals surface area contributed by atoms with E-state index in [4.69, 9.17) is 9.97 Å². The van der Waals surface area contributed by atoms with E-state index in [1.807, 2.05) is 12.4 Å². The third-order valence-electron chi connectivity index (χ3n) is 13.5. The molecule has 316 valence electrons. The Labute approximate surface area is 383 Å². The highest BCUT2D eigenvalue weighted by Crippen LogP contribution is 2.54. The van der Waals surface area contributed by atoms with Gasteiger partial charge < -0.3 is 4.90 Å². The summed E-state index contributed by atoms with van der Waals surface area (Å²) in [5.41, 5.74) is 14.4. The number of allylic oxidation sites excluding steroid dienone is 10. The average Bonchev–Trinajstić information content (AvgIpc) is 3.71. The molecule has 2 aliphatic heterocycles. The largest absolute Gasteiger partial charge is 0.347 e. The summed E-state index contributed by atoms with van der Waals surface area (Å²) in [6.45, 7) is 0. The topological polar surface area (TPSA) is 32.0 Å². The van der Waals surface area contributed by atoms with Gasteiger partial charge in [0.2, 0.25) is 5.69 Å². The smallest absolute Gasteiger partial charge is 0.210 e. The van der Waals surface area contributed by atoms with Crippen molar-refractivity contribution in [2.24, 2.45) is 0 Å². The summed E-state index contributed by atoms with van der Waals surface area (Å²) in [6.07, 6.45) is 27.0. The molecule has 0 aliphatic carbocycles. The summed E-state index contributed by atoms with van der Waals surface area (Å²) >= 11 is 0. The Bertz CT molecular complexity index is 3080. The highest BCUT2D eigenvalue weighted by atomic mass is 15.2. The van der Waals surface area contributed by atoms with Crippen LogP contribution in [0.1, 0.15) is 33.4 Å². The van der Waals surface area contributed by atoms with Gasteiger partial charge in [-0.2, -0.15) is 4.58 Å². The van der Waals surface area contributed by atoms with Gasteiger partial charge in [-0.1, -0.05) is 176 Å². The summed E-state index contributed by atoms with van der Waals surface area (Å²) in [7, 11) is 4.44. The molecular formula is C61H53N4+. The molecule has 0 saturated carbocycles. The van der Waals surface area contributed by atoms with Crippen LogP contribution in [-0.4, -0.2) is 34.4 Å². The summed E-state index contributed by atoms with van der Waals surface area (Å²) in [5, 5.41) is 2.42. The van der Waals surface area contributed by atoms with Gasteiger partial charge in [0, 0.05) is 59.2 Å². The molecule has 0 N–H and O–H groups in total. The molecule has 2 aliphatic rings. The fourth-order valence-electron chi connectivity index (χ4n) is 10.8. The molecule has 10 rings (SSSR count). The minimum absolute atomic E-state index is 0.322. The summed E-state index contributed by atoms with van der Waals surface area (Å²) in [5.74, 6) is 0. The standard InChI is InChI=1S/C61H53N4/c1-64-54-38-36-52-50(32-22-40-62-52)58(54)60(42-46-24-12-8-13-25-46,43-47-26-14-9-15-27-47)56(64)34-20-6-4-3-5-7-21-35-57-61(44-48-28-16-10-17-29-48,45-49-30-18-11-19-31-49)59-51-33-23-41-63-53(51)37-39-55(59)65(57)2/h3-41H,42-45H2,1-2H3/q+1. The lowest BCUT2D eigenvalue weighted by molar-refractivity contribution is -0.401. The minimum atomic E-state index is -0.322. The number of likely N-dealkylation sites (N-methyl/N-ethyl adjacent to an activating group) is 1. The average molecular weight is 842 g/mol. The van der Waals surface area contributed by atoms with E-state index in [-0.39, 0.29) is 10.8 Å². The predicted octanol–water partition coefficient (Wildman–Crippen LogP) is 13.2. The Hall–Kier alpha value is -7.69. The number of fused-ring (bicyclic) bond motifs is 6. The molecule has 4 heterocycles. The van der Waals surface area contributed by atoms with Crippen LogP contribution < -0.4 is 4.90 Å². The zero-order valence-corrected chi connectivity index (χ0v) is 37.1. The van der Waals surface area contributed by atoms with Crippen LogP contribution >= 0.6 is 0 Å². The third kappa shape index (κ3) is 7.98. The van der Waals surface area contributed by atoms with E-state index < -0.39 is 0 Å². The molecule has 8 aromatic rings. The fraction of sp³-hybridized carbons (Fsp3) is 0.131.